The fourth-order valence-electron chi connectivity index (χ4n) is 2.26. The van der Waals surface area contributed by atoms with Gasteiger partial charge in [-0.2, -0.15) is 0 Å². The molecule has 5 nitrogen and oxygen atoms in total. The highest BCUT2D eigenvalue weighted by molar-refractivity contribution is 5.93. The first-order chi connectivity index (χ1) is 8.52. The molecule has 2 atom stereocenters. The van der Waals surface area contributed by atoms with Gasteiger partial charge in [-0.05, 0) is 26.0 Å². The number of carbonyl (C=O) groups is 1. The Morgan fingerprint density at radius 1 is 1.56 bits per heavy atom. The van der Waals surface area contributed by atoms with Gasteiger partial charge in [0, 0.05) is 19.3 Å². The van der Waals surface area contributed by atoms with Gasteiger partial charge in [0.2, 0.25) is 0 Å². The van der Waals surface area contributed by atoms with Crippen molar-refractivity contribution in [1.82, 2.24) is 9.47 Å². The third-order valence-corrected chi connectivity index (χ3v) is 3.39. The molecular formula is C13H20N2O3. The van der Waals surface area contributed by atoms with Crippen LogP contribution in [0, 0.1) is 0 Å². The maximum Gasteiger partial charge on any atom is 0.270 e. The molecule has 0 bridgehead atoms. The zero-order valence-corrected chi connectivity index (χ0v) is 11.0. The Kier molecular flexibility index (Phi) is 3.73. The summed E-state index contributed by atoms with van der Waals surface area (Å²) in [6.07, 6.45) is 1.30. The van der Waals surface area contributed by atoms with Gasteiger partial charge in [-0.15, -0.1) is 0 Å². The van der Waals surface area contributed by atoms with E-state index < -0.39 is 6.10 Å². The first kappa shape index (κ1) is 13.1. The minimum atomic E-state index is -0.596. The van der Waals surface area contributed by atoms with E-state index in [2.05, 4.69) is 0 Å². The summed E-state index contributed by atoms with van der Waals surface area (Å²) in [5, 5.41) is 9.76. The Hall–Kier alpha value is -1.33. The number of aliphatic hydroxyl groups excluding tert-OH is 1. The van der Waals surface area contributed by atoms with Crippen LogP contribution in [0.25, 0.3) is 0 Å². The van der Waals surface area contributed by atoms with Crippen molar-refractivity contribution in [2.45, 2.75) is 32.0 Å². The molecule has 1 aromatic heterocycles. The minimum Gasteiger partial charge on any atom is -0.388 e. The normalized spacial score (nSPS) is 23.6. The molecular weight excluding hydrogens is 232 g/mol. The smallest absolute Gasteiger partial charge is 0.270 e. The standard InChI is InChI=1S/C13H20N2O3/c1-9(2)15-6-4-5-10(15)13(17)14(3)11-7-18-8-12(11)16/h4-6,9,11-12,16H,7-8H2,1-3H3. The van der Waals surface area contributed by atoms with Crippen LogP contribution in [-0.4, -0.2) is 52.9 Å². The summed E-state index contributed by atoms with van der Waals surface area (Å²) >= 11 is 0. The molecule has 2 unspecified atom stereocenters. The van der Waals surface area contributed by atoms with E-state index in [1.807, 2.05) is 30.7 Å². The first-order valence-electron chi connectivity index (χ1n) is 6.22. The fourth-order valence-corrected chi connectivity index (χ4v) is 2.26. The van der Waals surface area contributed by atoms with Crippen molar-refractivity contribution in [3.05, 3.63) is 24.0 Å². The molecule has 0 aromatic carbocycles. The average Bonchev–Trinajstić information content (AvgIpc) is 2.95. The predicted octanol–water partition coefficient (Wildman–Crippen LogP) is 0.901. The van der Waals surface area contributed by atoms with Crippen LogP contribution < -0.4 is 0 Å². The van der Waals surface area contributed by atoms with Crippen LogP contribution in [0.3, 0.4) is 0 Å². The number of ether oxygens (including phenoxy) is 1. The van der Waals surface area contributed by atoms with Crippen LogP contribution in [0.1, 0.15) is 30.4 Å². The Balaban J connectivity index is 2.17. The highest BCUT2D eigenvalue weighted by Crippen LogP contribution is 2.17. The second kappa shape index (κ2) is 5.12. The van der Waals surface area contributed by atoms with Gasteiger partial charge in [0.15, 0.2) is 0 Å². The highest BCUT2D eigenvalue weighted by atomic mass is 16.5. The summed E-state index contributed by atoms with van der Waals surface area (Å²) in [7, 11) is 1.71. The van der Waals surface area contributed by atoms with E-state index >= 15 is 0 Å². The largest absolute Gasteiger partial charge is 0.388 e. The van der Waals surface area contributed by atoms with Gasteiger partial charge in [0.1, 0.15) is 5.69 Å². The van der Waals surface area contributed by atoms with Crippen LogP contribution in [-0.2, 0) is 4.74 Å². The summed E-state index contributed by atoms with van der Waals surface area (Å²) in [4.78, 5) is 14.0. The molecule has 18 heavy (non-hydrogen) atoms. The van der Waals surface area contributed by atoms with E-state index in [9.17, 15) is 9.90 Å². The molecule has 1 aliphatic heterocycles. The number of rotatable bonds is 3. The van der Waals surface area contributed by atoms with E-state index in [4.69, 9.17) is 4.74 Å². The topological polar surface area (TPSA) is 54.7 Å². The van der Waals surface area contributed by atoms with E-state index in [0.717, 1.165) is 0 Å². The Bertz CT molecular complexity index is 428. The van der Waals surface area contributed by atoms with Crippen molar-refractivity contribution < 1.29 is 14.6 Å². The van der Waals surface area contributed by atoms with Crippen molar-refractivity contribution in [3.63, 3.8) is 0 Å². The molecule has 2 heterocycles. The van der Waals surface area contributed by atoms with Crippen molar-refractivity contribution in [1.29, 1.82) is 0 Å². The highest BCUT2D eigenvalue weighted by Gasteiger charge is 2.33. The van der Waals surface area contributed by atoms with Gasteiger partial charge >= 0.3 is 0 Å². The van der Waals surface area contributed by atoms with Crippen LogP contribution in [0.4, 0.5) is 0 Å². The van der Waals surface area contributed by atoms with Gasteiger partial charge in [0.25, 0.3) is 5.91 Å². The third-order valence-electron chi connectivity index (χ3n) is 3.39. The summed E-state index contributed by atoms with van der Waals surface area (Å²) in [5.74, 6) is -0.0803. The first-order valence-corrected chi connectivity index (χ1v) is 6.22. The minimum absolute atomic E-state index is 0.0803. The van der Waals surface area contributed by atoms with Crippen molar-refractivity contribution in [2.24, 2.45) is 0 Å². The van der Waals surface area contributed by atoms with E-state index in [-0.39, 0.29) is 18.0 Å². The Morgan fingerprint density at radius 2 is 2.28 bits per heavy atom. The van der Waals surface area contributed by atoms with Crippen LogP contribution in [0.2, 0.25) is 0 Å². The number of carbonyl (C=O) groups excluding carboxylic acids is 1. The molecule has 2 rings (SSSR count). The van der Waals surface area contributed by atoms with Crippen molar-refractivity contribution >= 4 is 5.91 Å². The van der Waals surface area contributed by atoms with Gasteiger partial charge < -0.3 is 19.3 Å². The lowest BCUT2D eigenvalue weighted by molar-refractivity contribution is 0.0570. The lowest BCUT2D eigenvalue weighted by Crippen LogP contribution is -2.44. The summed E-state index contributed by atoms with van der Waals surface area (Å²) in [5.41, 5.74) is 0.645. The van der Waals surface area contributed by atoms with E-state index in [1.54, 1.807) is 18.0 Å². The monoisotopic (exact) mass is 252 g/mol. The Morgan fingerprint density at radius 3 is 2.83 bits per heavy atom. The van der Waals surface area contributed by atoms with E-state index in [1.165, 1.54) is 0 Å². The predicted molar refractivity (Wildman–Crippen MR) is 67.5 cm³/mol. The number of hydrogen-bond donors (Lipinski definition) is 1. The molecule has 1 fully saturated rings. The number of likely N-dealkylation sites (N-methyl/N-ethyl adjacent to an activating group) is 1. The lowest BCUT2D eigenvalue weighted by Gasteiger charge is -2.26. The molecule has 100 valence electrons. The molecule has 1 aromatic rings. The number of hydrogen-bond acceptors (Lipinski definition) is 3. The number of amides is 1. The molecule has 5 heteroatoms. The van der Waals surface area contributed by atoms with Crippen molar-refractivity contribution in [2.75, 3.05) is 20.3 Å². The van der Waals surface area contributed by atoms with Gasteiger partial charge in [0.05, 0.1) is 25.4 Å². The zero-order valence-electron chi connectivity index (χ0n) is 11.0. The molecule has 0 saturated carbocycles. The molecule has 1 saturated heterocycles. The number of aliphatic hydroxyl groups is 1. The van der Waals surface area contributed by atoms with Crippen LogP contribution in [0.15, 0.2) is 18.3 Å². The second-order valence-electron chi connectivity index (χ2n) is 4.98. The molecule has 1 amide bonds. The summed E-state index contributed by atoms with van der Waals surface area (Å²) in [6.45, 7) is 4.76. The molecule has 1 N–H and O–H groups in total. The fraction of sp³-hybridized carbons (Fsp3) is 0.615. The van der Waals surface area contributed by atoms with Gasteiger partial charge in [-0.1, -0.05) is 0 Å². The van der Waals surface area contributed by atoms with Gasteiger partial charge in [-0.3, -0.25) is 4.79 Å². The maximum atomic E-state index is 12.4. The van der Waals surface area contributed by atoms with E-state index in [0.29, 0.717) is 18.9 Å². The average molecular weight is 252 g/mol. The molecule has 0 spiro atoms. The number of aromatic nitrogens is 1. The van der Waals surface area contributed by atoms with Crippen LogP contribution >= 0.6 is 0 Å². The zero-order chi connectivity index (χ0) is 13.3. The van der Waals surface area contributed by atoms with Crippen molar-refractivity contribution in [3.8, 4) is 0 Å². The quantitative estimate of drug-likeness (QED) is 0.869. The molecule has 0 radical (unpaired) electrons. The SMILES string of the molecule is CC(C)n1cccc1C(=O)N(C)C1COCC1O. The second-order valence-corrected chi connectivity index (χ2v) is 4.98. The molecule has 1 aliphatic rings. The van der Waals surface area contributed by atoms with Gasteiger partial charge in [-0.25, -0.2) is 0 Å². The Labute approximate surface area is 107 Å². The lowest BCUT2D eigenvalue weighted by atomic mass is 10.2. The summed E-state index contributed by atoms with van der Waals surface area (Å²) in [6, 6.07) is 3.65. The third kappa shape index (κ3) is 2.28. The van der Waals surface area contributed by atoms with Crippen LogP contribution in [0.5, 0.6) is 0 Å². The maximum absolute atomic E-state index is 12.4. The summed E-state index contributed by atoms with van der Waals surface area (Å²) < 4.78 is 7.12. The number of nitrogens with zero attached hydrogens (tertiary/aromatic N) is 2. The molecule has 0 aliphatic carbocycles.